The summed E-state index contributed by atoms with van der Waals surface area (Å²) in [6, 6.07) is 16.2. The molecule has 1 heterocycles. The number of hydrogen-bond donors (Lipinski definition) is 0. The van der Waals surface area contributed by atoms with Crippen LogP contribution in [-0.2, 0) is 9.53 Å². The van der Waals surface area contributed by atoms with Crippen molar-refractivity contribution in [1.29, 1.82) is 0 Å². The van der Waals surface area contributed by atoms with E-state index in [1.807, 2.05) is 48.2 Å². The van der Waals surface area contributed by atoms with Crippen molar-refractivity contribution in [3.63, 3.8) is 0 Å². The van der Waals surface area contributed by atoms with Crippen LogP contribution in [0.2, 0.25) is 0 Å². The molecule has 1 fully saturated rings. The topological polar surface area (TPSA) is 38.8 Å². The maximum absolute atomic E-state index is 11.1. The molecule has 2 aromatic rings. The van der Waals surface area contributed by atoms with E-state index in [0.717, 1.165) is 28.7 Å². The van der Waals surface area contributed by atoms with E-state index in [4.69, 9.17) is 9.47 Å². The maximum atomic E-state index is 11.1. The van der Waals surface area contributed by atoms with Gasteiger partial charge in [-0.3, -0.25) is 4.79 Å². The number of aldehydes is 1. The molecule has 0 unspecified atom stereocenters. The minimum absolute atomic E-state index is 0.569. The fourth-order valence-corrected chi connectivity index (χ4v) is 2.78. The molecule has 0 amide bonds. The first kappa shape index (κ1) is 16.3. The molecule has 0 atom stereocenters. The second-order valence-corrected chi connectivity index (χ2v) is 5.66. The van der Waals surface area contributed by atoms with Gasteiger partial charge in [-0.25, -0.2) is 0 Å². The van der Waals surface area contributed by atoms with Gasteiger partial charge in [-0.1, -0.05) is 48.5 Å². The van der Waals surface area contributed by atoms with Crippen molar-refractivity contribution in [1.82, 2.24) is 4.90 Å². The van der Waals surface area contributed by atoms with Gasteiger partial charge in [-0.15, -0.1) is 0 Å². The fourth-order valence-electron chi connectivity index (χ4n) is 2.78. The molecule has 1 aliphatic rings. The number of benzene rings is 2. The van der Waals surface area contributed by atoms with Crippen molar-refractivity contribution < 1.29 is 14.3 Å². The second-order valence-electron chi connectivity index (χ2n) is 5.66. The highest BCUT2D eigenvalue weighted by molar-refractivity contribution is 5.72. The molecule has 4 nitrogen and oxygen atoms in total. The summed E-state index contributed by atoms with van der Waals surface area (Å²) in [5.74, 6) is 1.35. The van der Waals surface area contributed by atoms with Gasteiger partial charge in [-0.05, 0) is 18.1 Å². The van der Waals surface area contributed by atoms with Crippen LogP contribution < -0.4 is 4.74 Å². The second kappa shape index (κ2) is 7.79. The highest BCUT2D eigenvalue weighted by Crippen LogP contribution is 2.34. The van der Waals surface area contributed by atoms with E-state index in [0.29, 0.717) is 32.2 Å². The van der Waals surface area contributed by atoms with Crippen LogP contribution >= 0.6 is 0 Å². The van der Waals surface area contributed by atoms with Gasteiger partial charge in [0.25, 0.3) is 0 Å². The molecular formula is C20H21NO3. The van der Waals surface area contributed by atoms with Gasteiger partial charge in [0, 0.05) is 24.7 Å². The van der Waals surface area contributed by atoms with E-state index in [9.17, 15) is 4.79 Å². The lowest BCUT2D eigenvalue weighted by molar-refractivity contribution is -0.104. The monoisotopic (exact) mass is 323 g/mol. The summed E-state index contributed by atoms with van der Waals surface area (Å²) >= 11 is 0. The Balaban J connectivity index is 1.96. The number of carbonyl (C=O) groups is 1. The van der Waals surface area contributed by atoms with Crippen LogP contribution in [-0.4, -0.2) is 37.5 Å². The van der Waals surface area contributed by atoms with Gasteiger partial charge in [0.15, 0.2) is 5.88 Å². The maximum Gasteiger partial charge on any atom is 0.199 e. The van der Waals surface area contributed by atoms with Gasteiger partial charge in [0.05, 0.1) is 13.2 Å². The summed E-state index contributed by atoms with van der Waals surface area (Å²) in [7, 11) is 0. The minimum atomic E-state index is 0.569. The van der Waals surface area contributed by atoms with Gasteiger partial charge in [0.2, 0.25) is 0 Å². The van der Waals surface area contributed by atoms with E-state index in [-0.39, 0.29) is 0 Å². The zero-order valence-corrected chi connectivity index (χ0v) is 13.8. The number of morpholine rings is 1. The predicted molar refractivity (Wildman–Crippen MR) is 93.8 cm³/mol. The molecule has 0 spiro atoms. The number of aryl methyl sites for hydroxylation is 1. The molecule has 0 radical (unpaired) electrons. The Morgan fingerprint density at radius 3 is 2.54 bits per heavy atom. The smallest absolute Gasteiger partial charge is 0.199 e. The van der Waals surface area contributed by atoms with Gasteiger partial charge < -0.3 is 14.4 Å². The van der Waals surface area contributed by atoms with E-state index >= 15 is 0 Å². The fraction of sp³-hybridized carbons (Fsp3) is 0.250. The number of ether oxygens (including phenoxy) is 2. The van der Waals surface area contributed by atoms with Crippen molar-refractivity contribution in [3.8, 4) is 16.9 Å². The first-order valence-corrected chi connectivity index (χ1v) is 8.10. The Morgan fingerprint density at radius 2 is 1.83 bits per heavy atom. The summed E-state index contributed by atoms with van der Waals surface area (Å²) in [4.78, 5) is 13.1. The Labute approximate surface area is 142 Å². The number of hydrogen-bond acceptors (Lipinski definition) is 4. The summed E-state index contributed by atoms with van der Waals surface area (Å²) in [5, 5.41) is 0. The Hall–Kier alpha value is -2.59. The van der Waals surface area contributed by atoms with Crippen LogP contribution in [0.4, 0.5) is 0 Å². The third kappa shape index (κ3) is 3.66. The molecule has 0 saturated carbocycles. The number of allylic oxidation sites excluding steroid dienone is 1. The van der Waals surface area contributed by atoms with Crippen molar-refractivity contribution >= 4 is 6.29 Å². The Morgan fingerprint density at radius 1 is 1.08 bits per heavy atom. The molecule has 24 heavy (non-hydrogen) atoms. The zero-order valence-electron chi connectivity index (χ0n) is 13.8. The van der Waals surface area contributed by atoms with E-state index in [2.05, 4.69) is 12.1 Å². The molecular weight excluding hydrogens is 302 g/mol. The molecule has 0 aliphatic carbocycles. The normalized spacial score (nSPS) is 15.2. The van der Waals surface area contributed by atoms with Crippen molar-refractivity contribution in [3.05, 3.63) is 66.1 Å². The largest absolute Gasteiger partial charge is 0.440 e. The van der Waals surface area contributed by atoms with Crippen molar-refractivity contribution in [2.75, 3.05) is 26.3 Å². The number of carbonyl (C=O) groups excluding carboxylic acids is 1. The molecule has 1 saturated heterocycles. The molecule has 0 bridgehead atoms. The van der Waals surface area contributed by atoms with Gasteiger partial charge in [0.1, 0.15) is 12.0 Å². The molecule has 1 aliphatic heterocycles. The van der Waals surface area contributed by atoms with E-state index in [1.54, 1.807) is 0 Å². The molecule has 124 valence electrons. The van der Waals surface area contributed by atoms with E-state index in [1.165, 1.54) is 6.08 Å². The molecule has 2 aromatic carbocycles. The third-order valence-electron chi connectivity index (χ3n) is 4.04. The predicted octanol–water partition coefficient (Wildman–Crippen LogP) is 3.41. The molecule has 4 heteroatoms. The standard InChI is InChI=1S/C20H21NO3/c1-16-6-5-9-18(17-7-3-2-4-8-17)20(16)24-19(10-13-22)21-11-14-23-15-12-21/h2-10,13H,11-12,14-15H2,1H3/b19-10-. The van der Waals surface area contributed by atoms with Crippen LogP contribution in [0.5, 0.6) is 5.75 Å². The highest BCUT2D eigenvalue weighted by atomic mass is 16.5. The van der Waals surface area contributed by atoms with Crippen LogP contribution in [0.3, 0.4) is 0 Å². The SMILES string of the molecule is Cc1cccc(-c2ccccc2)c1O/C(=C\C=O)N1CCOCC1. The quantitative estimate of drug-likeness (QED) is 0.480. The van der Waals surface area contributed by atoms with Crippen LogP contribution in [0.1, 0.15) is 5.56 Å². The average Bonchev–Trinajstić information content (AvgIpc) is 2.64. The molecule has 0 aromatic heterocycles. The van der Waals surface area contributed by atoms with Crippen LogP contribution in [0, 0.1) is 6.92 Å². The lowest BCUT2D eigenvalue weighted by atomic mass is 10.0. The van der Waals surface area contributed by atoms with Gasteiger partial charge in [-0.2, -0.15) is 0 Å². The van der Waals surface area contributed by atoms with Gasteiger partial charge >= 0.3 is 0 Å². The lowest BCUT2D eigenvalue weighted by Gasteiger charge is -2.30. The lowest BCUT2D eigenvalue weighted by Crippen LogP contribution is -2.37. The number of rotatable bonds is 5. The highest BCUT2D eigenvalue weighted by Gasteiger charge is 2.18. The summed E-state index contributed by atoms with van der Waals surface area (Å²) in [6.45, 7) is 4.72. The molecule has 3 rings (SSSR count). The van der Waals surface area contributed by atoms with Crippen molar-refractivity contribution in [2.45, 2.75) is 6.92 Å². The Kier molecular flexibility index (Phi) is 5.29. The van der Waals surface area contributed by atoms with Crippen molar-refractivity contribution in [2.24, 2.45) is 0 Å². The summed E-state index contributed by atoms with van der Waals surface area (Å²) in [5.41, 5.74) is 3.13. The third-order valence-corrected chi connectivity index (χ3v) is 4.04. The van der Waals surface area contributed by atoms with E-state index < -0.39 is 0 Å². The zero-order chi connectivity index (χ0) is 16.8. The van der Waals surface area contributed by atoms with Crippen LogP contribution in [0.25, 0.3) is 11.1 Å². The first-order chi connectivity index (χ1) is 11.8. The summed E-state index contributed by atoms with van der Waals surface area (Å²) in [6.07, 6.45) is 2.25. The number of para-hydroxylation sites is 1. The first-order valence-electron chi connectivity index (χ1n) is 8.10. The number of nitrogens with zero attached hydrogens (tertiary/aromatic N) is 1. The summed E-state index contributed by atoms with van der Waals surface area (Å²) < 4.78 is 11.6. The Bertz CT molecular complexity index is 719. The molecule has 0 N–H and O–H groups in total. The minimum Gasteiger partial charge on any atom is -0.440 e. The average molecular weight is 323 g/mol. The van der Waals surface area contributed by atoms with Crippen LogP contribution in [0.15, 0.2) is 60.5 Å².